The number of carbonyl (C=O) groups excluding carboxylic acids is 2. The van der Waals surface area contributed by atoms with Crippen molar-refractivity contribution in [1.82, 2.24) is 9.88 Å². The molecule has 2 fully saturated rings. The third-order valence-corrected chi connectivity index (χ3v) is 8.88. The number of halogens is 3. The van der Waals surface area contributed by atoms with Crippen molar-refractivity contribution < 1.29 is 33.4 Å². The van der Waals surface area contributed by atoms with Crippen molar-refractivity contribution >= 4 is 57.6 Å². The highest BCUT2D eigenvalue weighted by Gasteiger charge is 2.36. The van der Waals surface area contributed by atoms with Crippen LogP contribution in [0.3, 0.4) is 0 Å². The Kier molecular flexibility index (Phi) is 9.37. The molecule has 0 spiro atoms. The van der Waals surface area contributed by atoms with Gasteiger partial charge in [-0.25, -0.2) is 4.39 Å². The minimum absolute atomic E-state index is 0.00877. The fourth-order valence-electron chi connectivity index (χ4n) is 5.81. The number of benzene rings is 2. The number of para-hydroxylation sites is 1. The number of nitrogens with one attached hydrogen (secondary N) is 2. The molecule has 2 amide bonds. The predicted molar refractivity (Wildman–Crippen MR) is 157 cm³/mol. The lowest BCUT2D eigenvalue weighted by Gasteiger charge is -2.30. The van der Waals surface area contributed by atoms with Crippen LogP contribution in [0.5, 0.6) is 0 Å². The van der Waals surface area contributed by atoms with Gasteiger partial charge < -0.3 is 29.8 Å². The molecule has 1 aliphatic heterocycles. The Labute approximate surface area is 252 Å². The molecular weight excluding hydrogens is 588 g/mol. The van der Waals surface area contributed by atoms with E-state index < -0.39 is 17.7 Å². The molecule has 0 radical (unpaired) electrons. The zero-order chi connectivity index (χ0) is 30.0. The van der Waals surface area contributed by atoms with Crippen molar-refractivity contribution in [2.45, 2.75) is 56.8 Å². The lowest BCUT2D eigenvalue weighted by Crippen LogP contribution is -2.40. The maximum atomic E-state index is 14.0. The number of aromatic amines is 1. The number of aromatic nitrogens is 1. The van der Waals surface area contributed by atoms with E-state index in [2.05, 4.69) is 10.3 Å². The summed E-state index contributed by atoms with van der Waals surface area (Å²) in [4.78, 5) is 42.1. The molecule has 3 aromatic rings. The van der Waals surface area contributed by atoms with E-state index in [1.807, 2.05) is 0 Å². The summed E-state index contributed by atoms with van der Waals surface area (Å²) in [7, 11) is 1.61. The lowest BCUT2D eigenvalue weighted by molar-refractivity contribution is -0.144. The van der Waals surface area contributed by atoms with Crippen molar-refractivity contribution in [2.24, 2.45) is 5.92 Å². The maximum absolute atomic E-state index is 14.0. The Morgan fingerprint density at radius 2 is 1.88 bits per heavy atom. The highest BCUT2D eigenvalue weighted by atomic mass is 35.5. The Morgan fingerprint density at radius 3 is 2.60 bits per heavy atom. The van der Waals surface area contributed by atoms with Crippen molar-refractivity contribution in [3.8, 4) is 0 Å². The first-order valence-corrected chi connectivity index (χ1v) is 14.6. The van der Waals surface area contributed by atoms with Crippen molar-refractivity contribution in [3.63, 3.8) is 0 Å². The monoisotopic (exact) mass is 619 g/mol. The van der Waals surface area contributed by atoms with Crippen molar-refractivity contribution in [2.75, 3.05) is 25.6 Å². The van der Waals surface area contributed by atoms with Crippen LogP contribution < -0.4 is 5.32 Å². The summed E-state index contributed by atoms with van der Waals surface area (Å²) >= 11 is 13.0. The molecule has 2 aromatic carbocycles. The number of rotatable bonds is 9. The van der Waals surface area contributed by atoms with Gasteiger partial charge in [0.25, 0.3) is 5.91 Å². The third kappa shape index (κ3) is 6.57. The molecule has 3 N–H and O–H groups in total. The second-order valence-electron chi connectivity index (χ2n) is 10.9. The Hall–Kier alpha value is -3.18. The smallest absolute Gasteiger partial charge is 0.306 e. The van der Waals surface area contributed by atoms with E-state index in [0.717, 1.165) is 0 Å². The number of likely N-dealkylation sites (tertiary alicyclic amines) is 1. The van der Waals surface area contributed by atoms with Crippen LogP contribution in [0.4, 0.5) is 10.1 Å². The molecule has 1 saturated carbocycles. The Morgan fingerprint density at radius 1 is 1.12 bits per heavy atom. The average molecular weight is 621 g/mol. The first kappa shape index (κ1) is 30.3. The fourth-order valence-corrected chi connectivity index (χ4v) is 6.27. The molecule has 0 unspecified atom stereocenters. The van der Waals surface area contributed by atoms with Gasteiger partial charge in [-0.05, 0) is 55.9 Å². The molecule has 42 heavy (non-hydrogen) atoms. The number of aliphatic carboxylic acids is 1. The number of carbonyl (C=O) groups is 3. The van der Waals surface area contributed by atoms with Crippen molar-refractivity contribution in [3.05, 3.63) is 63.5 Å². The van der Waals surface area contributed by atoms with Gasteiger partial charge in [-0.2, -0.15) is 0 Å². The third-order valence-electron chi connectivity index (χ3n) is 8.21. The summed E-state index contributed by atoms with van der Waals surface area (Å²) in [5.74, 6) is -2.19. The number of hydrogen-bond acceptors (Lipinski definition) is 5. The quantitative estimate of drug-likeness (QED) is 0.283. The van der Waals surface area contributed by atoms with Gasteiger partial charge in [0.15, 0.2) is 0 Å². The van der Waals surface area contributed by atoms with Gasteiger partial charge in [-0.3, -0.25) is 14.4 Å². The Bertz CT molecular complexity index is 1490. The zero-order valence-electron chi connectivity index (χ0n) is 23.0. The van der Waals surface area contributed by atoms with Crippen LogP contribution in [0.2, 0.25) is 10.0 Å². The first-order chi connectivity index (χ1) is 20.1. The predicted octanol–water partition coefficient (Wildman–Crippen LogP) is 5.68. The molecule has 2 atom stereocenters. The largest absolute Gasteiger partial charge is 0.481 e. The van der Waals surface area contributed by atoms with Gasteiger partial charge in [0.2, 0.25) is 5.91 Å². The number of ether oxygens (including phenoxy) is 2. The summed E-state index contributed by atoms with van der Waals surface area (Å²) < 4.78 is 25.7. The molecule has 1 aliphatic carbocycles. The molecule has 1 aromatic heterocycles. The second kappa shape index (κ2) is 13.0. The van der Waals surface area contributed by atoms with Gasteiger partial charge in [-0.15, -0.1) is 0 Å². The number of carboxylic acids is 1. The van der Waals surface area contributed by atoms with E-state index in [-0.39, 0.29) is 63.3 Å². The molecular formula is C30H32Cl2FN3O6. The first-order valence-electron chi connectivity index (χ1n) is 13.9. The molecule has 2 aliphatic rings. The second-order valence-corrected chi connectivity index (χ2v) is 11.7. The molecule has 12 heteroatoms. The molecule has 9 nitrogen and oxygen atoms in total. The molecule has 224 valence electrons. The van der Waals surface area contributed by atoms with Crippen molar-refractivity contribution in [1.29, 1.82) is 0 Å². The molecule has 5 rings (SSSR count). The standard InChI is InChI=1S/C30H32Cl2FN3O6/c1-41-20-11-18(15-42-19-7-5-16(6-8-19)30(39)40)36(14-20)27(37)10-17-9-24(32)26(12-23(17)31)35-29(38)22-13-34-28-21(22)3-2-4-25(28)33/h2-4,9,12-13,16,18-20,34H,5-8,10-11,14-15H2,1H3,(H,35,38)(H,39,40)/t16?,18-,19?,20-/m0/s1. The van der Waals surface area contributed by atoms with Crippen LogP contribution in [0, 0.1) is 11.7 Å². The van der Waals surface area contributed by atoms with E-state index in [1.54, 1.807) is 24.1 Å². The number of H-pyrrole nitrogens is 1. The van der Waals surface area contributed by atoms with Crippen LogP contribution in [0.15, 0.2) is 36.5 Å². The molecule has 2 heterocycles. The summed E-state index contributed by atoms with van der Waals surface area (Å²) in [6.45, 7) is 0.755. The number of amides is 2. The van der Waals surface area contributed by atoms with E-state index >= 15 is 0 Å². The van der Waals surface area contributed by atoms with E-state index in [1.165, 1.54) is 24.4 Å². The van der Waals surface area contributed by atoms with E-state index in [0.29, 0.717) is 56.2 Å². The summed E-state index contributed by atoms with van der Waals surface area (Å²) in [5.41, 5.74) is 1.25. The number of hydrogen-bond donors (Lipinski definition) is 3. The van der Waals surface area contributed by atoms with Gasteiger partial charge in [0.05, 0.1) is 59.0 Å². The lowest BCUT2D eigenvalue weighted by atomic mass is 9.87. The summed E-state index contributed by atoms with van der Waals surface area (Å²) in [5, 5.41) is 12.8. The SMILES string of the molecule is CO[C@H]1C[C@@H](COC2CCC(C(=O)O)CC2)N(C(=O)Cc2cc(Cl)c(NC(=O)c3c[nH]c4c(F)cccc34)cc2Cl)C1. The fraction of sp³-hybridized carbons (Fsp3) is 0.433. The number of nitrogens with zero attached hydrogens (tertiary/aromatic N) is 1. The summed E-state index contributed by atoms with van der Waals surface area (Å²) in [6, 6.07) is 7.34. The van der Waals surface area contributed by atoms with Gasteiger partial charge in [0.1, 0.15) is 5.82 Å². The van der Waals surface area contributed by atoms with Gasteiger partial charge >= 0.3 is 5.97 Å². The molecule has 1 saturated heterocycles. The maximum Gasteiger partial charge on any atom is 0.306 e. The number of carboxylic acid groups (broad SMARTS) is 1. The van der Waals surface area contributed by atoms with E-state index in [4.69, 9.17) is 32.7 Å². The van der Waals surface area contributed by atoms with Crippen LogP contribution in [-0.4, -0.2) is 71.3 Å². The molecule has 0 bridgehead atoms. The topological polar surface area (TPSA) is 121 Å². The van der Waals surface area contributed by atoms with Gasteiger partial charge in [0, 0.05) is 30.3 Å². The average Bonchev–Trinajstić information content (AvgIpc) is 3.60. The van der Waals surface area contributed by atoms with Crippen LogP contribution in [0.1, 0.15) is 48.0 Å². The minimum Gasteiger partial charge on any atom is -0.481 e. The van der Waals surface area contributed by atoms with Crippen LogP contribution >= 0.6 is 23.2 Å². The van der Waals surface area contributed by atoms with Crippen LogP contribution in [-0.2, 0) is 25.5 Å². The van der Waals surface area contributed by atoms with Crippen LogP contribution in [0.25, 0.3) is 10.9 Å². The highest BCUT2D eigenvalue weighted by Crippen LogP contribution is 2.33. The van der Waals surface area contributed by atoms with E-state index in [9.17, 15) is 23.9 Å². The van der Waals surface area contributed by atoms with Gasteiger partial charge in [-0.1, -0.05) is 35.3 Å². The summed E-state index contributed by atoms with van der Waals surface area (Å²) in [6.07, 6.45) is 4.43. The highest BCUT2D eigenvalue weighted by molar-refractivity contribution is 6.36. The number of fused-ring (bicyclic) bond motifs is 1. The normalized spacial score (nSPS) is 22.4. The number of anilines is 1. The zero-order valence-corrected chi connectivity index (χ0v) is 24.5. The minimum atomic E-state index is -0.760. The number of methoxy groups -OCH3 is 1. The Balaban J connectivity index is 1.22.